The maximum absolute atomic E-state index is 11.0. The van der Waals surface area contributed by atoms with E-state index in [4.69, 9.17) is 0 Å². The van der Waals surface area contributed by atoms with Crippen LogP contribution in [-0.4, -0.2) is 5.11 Å². The fourth-order valence-corrected chi connectivity index (χ4v) is 4.26. The number of aryl methyl sites for hydroxylation is 1. The Morgan fingerprint density at radius 2 is 1.38 bits per heavy atom. The molecule has 0 saturated heterocycles. The van der Waals surface area contributed by atoms with E-state index in [9.17, 15) is 5.11 Å². The van der Waals surface area contributed by atoms with Gasteiger partial charge in [0.1, 0.15) is 5.75 Å². The minimum Gasteiger partial charge on any atom is -0.507 e. The fraction of sp³-hybridized carbons (Fsp3) is 0.360. The molecule has 0 fully saturated rings. The Bertz CT molecular complexity index is 901. The largest absolute Gasteiger partial charge is 0.507 e. The first-order valence-corrected chi connectivity index (χ1v) is 9.52. The summed E-state index contributed by atoms with van der Waals surface area (Å²) in [5, 5.41) is 11.0. The van der Waals surface area contributed by atoms with Crippen LogP contribution < -0.4 is 0 Å². The third-order valence-corrected chi connectivity index (χ3v) is 6.08. The summed E-state index contributed by atoms with van der Waals surface area (Å²) in [6.45, 7) is 15.3. The van der Waals surface area contributed by atoms with Crippen molar-refractivity contribution in [2.24, 2.45) is 0 Å². The summed E-state index contributed by atoms with van der Waals surface area (Å²) in [5.41, 5.74) is 11.2. The fourth-order valence-electron chi connectivity index (χ4n) is 4.26. The molecule has 1 aliphatic carbocycles. The van der Waals surface area contributed by atoms with Crippen LogP contribution in [0.25, 0.3) is 11.1 Å². The van der Waals surface area contributed by atoms with E-state index in [-0.39, 0.29) is 0 Å². The molecule has 1 nitrogen and oxygen atoms in total. The lowest BCUT2D eigenvalue weighted by Crippen LogP contribution is -2.03. The lowest BCUT2D eigenvalue weighted by Gasteiger charge is -2.22. The van der Waals surface area contributed by atoms with Gasteiger partial charge in [-0.1, -0.05) is 55.3 Å². The summed E-state index contributed by atoms with van der Waals surface area (Å²) < 4.78 is 0. The van der Waals surface area contributed by atoms with Crippen LogP contribution in [0.1, 0.15) is 70.1 Å². The van der Waals surface area contributed by atoms with Gasteiger partial charge < -0.3 is 5.11 Å². The summed E-state index contributed by atoms with van der Waals surface area (Å²) in [4.78, 5) is 0. The maximum atomic E-state index is 11.0. The van der Waals surface area contributed by atoms with Crippen molar-refractivity contribution in [3.05, 3.63) is 75.4 Å². The van der Waals surface area contributed by atoms with Crippen LogP contribution >= 0.6 is 0 Å². The molecule has 0 aliphatic heterocycles. The van der Waals surface area contributed by atoms with Crippen LogP contribution in [0.4, 0.5) is 0 Å². The van der Waals surface area contributed by atoms with Gasteiger partial charge in [0.05, 0.1) is 0 Å². The van der Waals surface area contributed by atoms with Gasteiger partial charge >= 0.3 is 0 Å². The smallest absolute Gasteiger partial charge is 0.126 e. The van der Waals surface area contributed by atoms with Gasteiger partial charge in [0.15, 0.2) is 0 Å². The van der Waals surface area contributed by atoms with Crippen molar-refractivity contribution in [2.75, 3.05) is 0 Å². The Balaban J connectivity index is 2.26. The van der Waals surface area contributed by atoms with E-state index in [1.165, 1.54) is 33.4 Å². The highest BCUT2D eigenvalue weighted by atomic mass is 16.3. The summed E-state index contributed by atoms with van der Waals surface area (Å²) in [6.07, 6.45) is 0. The van der Waals surface area contributed by atoms with Crippen molar-refractivity contribution < 1.29 is 5.11 Å². The zero-order valence-electron chi connectivity index (χ0n) is 17.1. The highest BCUT2D eigenvalue weighted by molar-refractivity contribution is 5.77. The van der Waals surface area contributed by atoms with Crippen molar-refractivity contribution in [2.45, 2.75) is 60.3 Å². The predicted octanol–water partition coefficient (Wildman–Crippen LogP) is 7.26. The average molecular weight is 347 g/mol. The van der Waals surface area contributed by atoms with Crippen molar-refractivity contribution in [1.82, 2.24) is 0 Å². The van der Waals surface area contributed by atoms with Crippen LogP contribution in [0.5, 0.6) is 5.75 Å². The SMILES string of the molecule is CC1=C(C)C(c2ccccc2-c2cc(C)cc(C(C)C)c2O)C(C)=C1C. The molecule has 0 amide bonds. The molecule has 0 heterocycles. The summed E-state index contributed by atoms with van der Waals surface area (Å²) >= 11 is 0. The molecule has 0 bridgehead atoms. The molecule has 1 heteroatoms. The van der Waals surface area contributed by atoms with Gasteiger partial charge in [-0.05, 0) is 80.0 Å². The molecule has 0 atom stereocenters. The lowest BCUT2D eigenvalue weighted by molar-refractivity contribution is 0.466. The second-order valence-electron chi connectivity index (χ2n) is 8.04. The van der Waals surface area contributed by atoms with Gasteiger partial charge in [-0.2, -0.15) is 0 Å². The number of hydrogen-bond acceptors (Lipinski definition) is 1. The first-order chi connectivity index (χ1) is 12.2. The van der Waals surface area contributed by atoms with E-state index < -0.39 is 0 Å². The molecule has 1 aliphatic rings. The monoisotopic (exact) mass is 346 g/mol. The Kier molecular flexibility index (Phi) is 4.84. The second kappa shape index (κ2) is 6.79. The van der Waals surface area contributed by atoms with Crippen LogP contribution in [0.2, 0.25) is 0 Å². The summed E-state index contributed by atoms with van der Waals surface area (Å²) in [7, 11) is 0. The molecule has 0 saturated carbocycles. The Morgan fingerprint density at radius 3 is 1.96 bits per heavy atom. The van der Waals surface area contributed by atoms with E-state index in [0.717, 1.165) is 16.7 Å². The van der Waals surface area contributed by atoms with Gasteiger partial charge in [-0.25, -0.2) is 0 Å². The maximum Gasteiger partial charge on any atom is 0.126 e. The first-order valence-electron chi connectivity index (χ1n) is 9.52. The number of aromatic hydroxyl groups is 1. The zero-order valence-corrected chi connectivity index (χ0v) is 17.1. The standard InChI is InChI=1S/C25H30O/c1-14(2)22-12-15(3)13-23(25(22)26)20-10-8-9-11-21(20)24-18(6)16(4)17(5)19(24)7/h8-14,24,26H,1-7H3. The molecule has 2 aromatic carbocycles. The Labute approximate surface area is 158 Å². The summed E-state index contributed by atoms with van der Waals surface area (Å²) in [6, 6.07) is 12.8. The van der Waals surface area contributed by atoms with E-state index in [0.29, 0.717) is 17.6 Å². The number of rotatable bonds is 3. The molecule has 3 rings (SSSR count). The first kappa shape index (κ1) is 18.5. The van der Waals surface area contributed by atoms with E-state index in [2.05, 4.69) is 84.9 Å². The molecule has 0 spiro atoms. The topological polar surface area (TPSA) is 20.2 Å². The number of benzene rings is 2. The molecular formula is C25H30O. The number of allylic oxidation sites excluding steroid dienone is 4. The third kappa shape index (κ3) is 2.90. The molecule has 0 aromatic heterocycles. The third-order valence-electron chi connectivity index (χ3n) is 6.08. The average Bonchev–Trinajstić information content (AvgIpc) is 2.80. The van der Waals surface area contributed by atoms with Crippen LogP contribution in [-0.2, 0) is 0 Å². The minimum atomic E-state index is 0.292. The van der Waals surface area contributed by atoms with Gasteiger partial charge in [0.25, 0.3) is 0 Å². The molecule has 0 radical (unpaired) electrons. The van der Waals surface area contributed by atoms with Gasteiger partial charge in [-0.15, -0.1) is 0 Å². The molecule has 1 N–H and O–H groups in total. The zero-order chi connectivity index (χ0) is 19.2. The van der Waals surface area contributed by atoms with E-state index in [1.54, 1.807) is 0 Å². The van der Waals surface area contributed by atoms with Gasteiger partial charge in [-0.3, -0.25) is 0 Å². The Morgan fingerprint density at radius 1 is 0.808 bits per heavy atom. The number of hydrogen-bond donors (Lipinski definition) is 1. The lowest BCUT2D eigenvalue weighted by atomic mass is 9.82. The van der Waals surface area contributed by atoms with Crippen LogP contribution in [0.15, 0.2) is 58.7 Å². The minimum absolute atomic E-state index is 0.292. The quantitative estimate of drug-likeness (QED) is 0.620. The predicted molar refractivity (Wildman–Crippen MR) is 112 cm³/mol. The van der Waals surface area contributed by atoms with Crippen molar-refractivity contribution in [3.8, 4) is 16.9 Å². The normalized spacial score (nSPS) is 15.5. The second-order valence-corrected chi connectivity index (χ2v) is 8.04. The molecule has 136 valence electrons. The highest BCUT2D eigenvalue weighted by Crippen LogP contribution is 2.47. The molecule has 26 heavy (non-hydrogen) atoms. The van der Waals surface area contributed by atoms with Crippen LogP contribution in [0.3, 0.4) is 0 Å². The summed E-state index contributed by atoms with van der Waals surface area (Å²) in [5.74, 6) is 1.02. The molecular weight excluding hydrogens is 316 g/mol. The van der Waals surface area contributed by atoms with Crippen molar-refractivity contribution >= 4 is 0 Å². The molecule has 0 unspecified atom stereocenters. The van der Waals surface area contributed by atoms with Crippen LogP contribution in [0, 0.1) is 6.92 Å². The molecule has 2 aromatic rings. The number of phenols is 1. The van der Waals surface area contributed by atoms with Crippen molar-refractivity contribution in [1.29, 1.82) is 0 Å². The van der Waals surface area contributed by atoms with Gasteiger partial charge in [0.2, 0.25) is 0 Å². The van der Waals surface area contributed by atoms with Crippen molar-refractivity contribution in [3.63, 3.8) is 0 Å². The van der Waals surface area contributed by atoms with Gasteiger partial charge in [0, 0.05) is 11.5 Å². The van der Waals surface area contributed by atoms with E-state index >= 15 is 0 Å². The highest BCUT2D eigenvalue weighted by Gasteiger charge is 2.28. The van der Waals surface area contributed by atoms with E-state index in [1.807, 2.05) is 0 Å². The Hall–Kier alpha value is -2.28. The number of phenolic OH excluding ortho intramolecular Hbond substituents is 1.